The van der Waals surface area contributed by atoms with Gasteiger partial charge in [-0.15, -0.1) is 0 Å². The number of ether oxygens (including phenoxy) is 7. The van der Waals surface area contributed by atoms with E-state index in [1.807, 2.05) is 0 Å². The molecule has 2 aromatic carbocycles. The number of hydrogen-bond acceptors (Lipinski definition) is 13. The number of non-ortho nitro benzene ring substituents is 1. The van der Waals surface area contributed by atoms with Crippen LogP contribution in [0.2, 0.25) is 0 Å². The first-order valence-electron chi connectivity index (χ1n) is 13.3. The van der Waals surface area contributed by atoms with Crippen LogP contribution in [0.25, 0.3) is 0 Å². The van der Waals surface area contributed by atoms with E-state index in [1.54, 1.807) is 24.3 Å². The van der Waals surface area contributed by atoms with Crippen molar-refractivity contribution in [1.29, 1.82) is 0 Å². The van der Waals surface area contributed by atoms with E-state index in [1.165, 1.54) is 12.1 Å². The predicted molar refractivity (Wildman–Crippen MR) is 150 cm³/mol. The largest absolute Gasteiger partial charge is 0.491 e. The van der Waals surface area contributed by atoms with Crippen molar-refractivity contribution < 1.29 is 47.8 Å². The predicted octanol–water partition coefficient (Wildman–Crippen LogP) is 2.91. The Morgan fingerprint density at radius 1 is 0.619 bits per heavy atom. The van der Waals surface area contributed by atoms with Crippen LogP contribution in [0, 0.1) is 20.2 Å². The van der Waals surface area contributed by atoms with Gasteiger partial charge in [-0.25, -0.2) is 0 Å². The van der Waals surface area contributed by atoms with Crippen LogP contribution in [-0.2, 0) is 28.4 Å². The molecule has 0 amide bonds. The molecule has 0 saturated heterocycles. The fourth-order valence-electron chi connectivity index (χ4n) is 3.25. The van der Waals surface area contributed by atoms with Gasteiger partial charge >= 0.3 is 0 Å². The fraction of sp³-hybridized carbons (Fsp3) is 0.519. The van der Waals surface area contributed by atoms with Crippen molar-refractivity contribution in [2.45, 2.75) is 0 Å². The number of anilines is 1. The number of nitro groups is 2. The van der Waals surface area contributed by atoms with Gasteiger partial charge in [0.15, 0.2) is 0 Å². The SMILES string of the molecule is O=Cc1ccc(OCCOCCOCCOCCOCCOCCOCCNc2ccc([N+](=O)[O-])cc2[N+](=O)[O-])cc1. The molecular weight excluding hydrogens is 558 g/mol. The maximum atomic E-state index is 11.1. The van der Waals surface area contributed by atoms with E-state index in [0.717, 1.165) is 12.4 Å². The van der Waals surface area contributed by atoms with Crippen LogP contribution in [0.1, 0.15) is 10.4 Å². The highest BCUT2D eigenvalue weighted by Gasteiger charge is 2.19. The minimum absolute atomic E-state index is 0.184. The second-order valence-corrected chi connectivity index (χ2v) is 8.35. The van der Waals surface area contributed by atoms with E-state index >= 15 is 0 Å². The first-order chi connectivity index (χ1) is 20.5. The molecule has 42 heavy (non-hydrogen) atoms. The summed E-state index contributed by atoms with van der Waals surface area (Å²) < 4.78 is 38.0. The summed E-state index contributed by atoms with van der Waals surface area (Å²) in [4.78, 5) is 31.2. The van der Waals surface area contributed by atoms with Crippen molar-refractivity contribution in [3.05, 3.63) is 68.3 Å². The van der Waals surface area contributed by atoms with Crippen LogP contribution < -0.4 is 10.1 Å². The molecule has 2 rings (SSSR count). The lowest BCUT2D eigenvalue weighted by atomic mass is 10.2. The highest BCUT2D eigenvalue weighted by atomic mass is 16.6. The smallest absolute Gasteiger partial charge is 0.299 e. The van der Waals surface area contributed by atoms with E-state index < -0.39 is 9.85 Å². The number of carbonyl (C=O) groups is 1. The average molecular weight is 596 g/mol. The Hall–Kier alpha value is -3.73. The summed E-state index contributed by atoms with van der Waals surface area (Å²) >= 11 is 0. The molecule has 0 unspecified atom stereocenters. The Morgan fingerprint density at radius 2 is 1.10 bits per heavy atom. The van der Waals surface area contributed by atoms with Gasteiger partial charge in [0, 0.05) is 18.2 Å². The van der Waals surface area contributed by atoms with E-state index in [2.05, 4.69) is 5.32 Å². The number of nitrogens with one attached hydrogen (secondary N) is 1. The summed E-state index contributed by atoms with van der Waals surface area (Å²) in [6.07, 6.45) is 0.782. The molecule has 0 fully saturated rings. The van der Waals surface area contributed by atoms with Crippen molar-refractivity contribution >= 4 is 23.3 Å². The molecule has 0 aliphatic heterocycles. The van der Waals surface area contributed by atoms with E-state index in [4.69, 9.17) is 33.2 Å². The average Bonchev–Trinajstić information content (AvgIpc) is 2.99. The van der Waals surface area contributed by atoms with Crippen LogP contribution in [0.3, 0.4) is 0 Å². The maximum Gasteiger partial charge on any atom is 0.299 e. The molecule has 15 nitrogen and oxygen atoms in total. The van der Waals surface area contributed by atoms with Crippen molar-refractivity contribution in [3.63, 3.8) is 0 Å². The first-order valence-corrected chi connectivity index (χ1v) is 13.3. The lowest BCUT2D eigenvalue weighted by Gasteiger charge is -2.09. The summed E-state index contributed by atoms with van der Waals surface area (Å²) in [7, 11) is 0. The topological polar surface area (TPSA) is 180 Å². The Labute approximate surface area is 243 Å². The Kier molecular flexibility index (Phi) is 18.0. The molecule has 0 bridgehead atoms. The number of hydrogen-bond donors (Lipinski definition) is 1. The number of rotatable bonds is 26. The molecule has 0 aliphatic rings. The Bertz CT molecular complexity index is 1060. The van der Waals surface area contributed by atoms with Gasteiger partial charge in [-0.05, 0) is 30.3 Å². The summed E-state index contributed by atoms with van der Waals surface area (Å²) in [6.45, 7) is 5.59. The zero-order chi connectivity index (χ0) is 30.3. The Balaban J connectivity index is 1.29. The summed E-state index contributed by atoms with van der Waals surface area (Å²) in [5, 5.41) is 24.7. The van der Waals surface area contributed by atoms with Gasteiger partial charge in [-0.3, -0.25) is 25.0 Å². The molecule has 0 saturated carbocycles. The Morgan fingerprint density at radius 3 is 1.55 bits per heavy atom. The van der Waals surface area contributed by atoms with Gasteiger partial charge in [0.05, 0.1) is 95.2 Å². The molecule has 2 aromatic rings. The first kappa shape index (κ1) is 34.5. The third kappa shape index (κ3) is 15.3. The minimum Gasteiger partial charge on any atom is -0.491 e. The van der Waals surface area contributed by atoms with Crippen LogP contribution in [0.5, 0.6) is 5.75 Å². The van der Waals surface area contributed by atoms with Gasteiger partial charge in [0.2, 0.25) is 0 Å². The van der Waals surface area contributed by atoms with E-state index in [-0.39, 0.29) is 30.2 Å². The number of nitro benzene ring substituents is 2. The van der Waals surface area contributed by atoms with E-state index in [9.17, 15) is 25.0 Å². The lowest BCUT2D eigenvalue weighted by Crippen LogP contribution is -2.15. The molecule has 0 spiro atoms. The number of carbonyl (C=O) groups excluding carboxylic acids is 1. The zero-order valence-electron chi connectivity index (χ0n) is 23.3. The second-order valence-electron chi connectivity index (χ2n) is 8.35. The minimum atomic E-state index is -0.684. The summed E-state index contributed by atoms with van der Waals surface area (Å²) in [6, 6.07) is 10.3. The van der Waals surface area contributed by atoms with Gasteiger partial charge in [-0.1, -0.05) is 0 Å². The molecule has 1 N–H and O–H groups in total. The quantitative estimate of drug-likeness (QED) is 0.0726. The maximum absolute atomic E-state index is 11.1. The fourth-order valence-corrected chi connectivity index (χ4v) is 3.25. The monoisotopic (exact) mass is 595 g/mol. The van der Waals surface area contributed by atoms with Gasteiger partial charge in [-0.2, -0.15) is 0 Å². The molecule has 0 heterocycles. The van der Waals surface area contributed by atoms with Crippen LogP contribution >= 0.6 is 0 Å². The molecule has 0 radical (unpaired) electrons. The second kappa shape index (κ2) is 21.9. The highest BCUT2D eigenvalue weighted by Crippen LogP contribution is 2.28. The van der Waals surface area contributed by atoms with Crippen LogP contribution in [0.4, 0.5) is 17.1 Å². The third-order valence-electron chi connectivity index (χ3n) is 5.32. The van der Waals surface area contributed by atoms with Gasteiger partial charge in [0.25, 0.3) is 11.4 Å². The van der Waals surface area contributed by atoms with Gasteiger partial charge in [0.1, 0.15) is 24.3 Å². The molecule has 0 aliphatic carbocycles. The summed E-state index contributed by atoms with van der Waals surface area (Å²) in [5.74, 6) is 0.683. The molecular formula is C27H37N3O12. The number of nitrogens with zero attached hydrogens (tertiary/aromatic N) is 2. The summed E-state index contributed by atoms with van der Waals surface area (Å²) in [5.41, 5.74) is 0.0707. The number of aldehydes is 1. The van der Waals surface area contributed by atoms with Crippen LogP contribution in [-0.4, -0.2) is 109 Å². The van der Waals surface area contributed by atoms with Crippen molar-refractivity contribution in [1.82, 2.24) is 0 Å². The van der Waals surface area contributed by atoms with Gasteiger partial charge < -0.3 is 38.5 Å². The molecule has 0 aromatic heterocycles. The molecule has 15 heteroatoms. The van der Waals surface area contributed by atoms with Crippen LogP contribution in [0.15, 0.2) is 42.5 Å². The highest BCUT2D eigenvalue weighted by molar-refractivity contribution is 5.74. The lowest BCUT2D eigenvalue weighted by molar-refractivity contribution is -0.393. The van der Waals surface area contributed by atoms with Crippen molar-refractivity contribution in [3.8, 4) is 5.75 Å². The third-order valence-corrected chi connectivity index (χ3v) is 5.32. The standard InChI is InChI=1S/C27H37N3O12/c31-22-23-1-4-25(5-2-23)42-20-19-41-18-17-40-16-15-39-14-13-38-12-11-37-10-9-36-8-7-28-26-6-3-24(29(32)33)21-27(26)30(34)35/h1-6,21-22,28H,7-20H2. The molecule has 0 atom stereocenters. The number of benzene rings is 2. The normalized spacial score (nSPS) is 10.9. The van der Waals surface area contributed by atoms with Crippen molar-refractivity contribution in [2.24, 2.45) is 0 Å². The zero-order valence-corrected chi connectivity index (χ0v) is 23.3. The van der Waals surface area contributed by atoms with E-state index in [0.29, 0.717) is 90.6 Å². The molecule has 232 valence electrons. The van der Waals surface area contributed by atoms with Crippen molar-refractivity contribution in [2.75, 3.05) is 97.8 Å².